The molecule has 0 amide bonds. The summed E-state index contributed by atoms with van der Waals surface area (Å²) in [6, 6.07) is 12.8. The van der Waals surface area contributed by atoms with Crippen molar-refractivity contribution in [2.75, 3.05) is 0 Å². The number of rotatable bonds is 3. The second kappa shape index (κ2) is 6.71. The van der Waals surface area contributed by atoms with Crippen LogP contribution in [0.3, 0.4) is 0 Å². The lowest BCUT2D eigenvalue weighted by molar-refractivity contribution is 0.478. The SMILES string of the molecule is Cn1nc(-c2ccc(C3CCCC3)cc2)c(O)c1-c1nc2cc3c(cc2[nH]1)CNC3. The first-order chi connectivity index (χ1) is 14.7. The minimum atomic E-state index is 0.166. The summed E-state index contributed by atoms with van der Waals surface area (Å²) in [4.78, 5) is 8.13. The average molecular weight is 399 g/mol. The Kier molecular flexibility index (Phi) is 3.96. The van der Waals surface area contributed by atoms with Gasteiger partial charge in [-0.25, -0.2) is 4.98 Å². The molecule has 152 valence electrons. The minimum Gasteiger partial charge on any atom is -0.504 e. The van der Waals surface area contributed by atoms with Crippen molar-refractivity contribution < 1.29 is 5.11 Å². The fourth-order valence-electron chi connectivity index (χ4n) is 5.06. The highest BCUT2D eigenvalue weighted by Crippen LogP contribution is 2.39. The number of hydrogen-bond donors (Lipinski definition) is 3. The number of H-pyrrole nitrogens is 1. The van der Waals surface area contributed by atoms with Gasteiger partial charge in [0.25, 0.3) is 0 Å². The van der Waals surface area contributed by atoms with Crippen LogP contribution in [0.4, 0.5) is 0 Å². The van der Waals surface area contributed by atoms with Crippen molar-refractivity contribution in [1.29, 1.82) is 0 Å². The quantitative estimate of drug-likeness (QED) is 0.471. The maximum Gasteiger partial charge on any atom is 0.173 e. The number of aromatic hydroxyl groups is 1. The molecule has 1 aliphatic heterocycles. The zero-order valence-electron chi connectivity index (χ0n) is 17.1. The molecule has 0 spiro atoms. The van der Waals surface area contributed by atoms with Gasteiger partial charge in [-0.3, -0.25) is 4.68 Å². The monoisotopic (exact) mass is 399 g/mol. The Hall–Kier alpha value is -3.12. The number of nitrogens with zero attached hydrogens (tertiary/aromatic N) is 3. The van der Waals surface area contributed by atoms with Crippen LogP contribution in [0, 0.1) is 0 Å². The third kappa shape index (κ3) is 2.75. The number of benzene rings is 2. The Morgan fingerprint density at radius 1 is 1.03 bits per heavy atom. The van der Waals surface area contributed by atoms with Gasteiger partial charge < -0.3 is 15.4 Å². The summed E-state index contributed by atoms with van der Waals surface area (Å²) in [7, 11) is 1.85. The first-order valence-corrected chi connectivity index (χ1v) is 10.8. The number of nitrogens with one attached hydrogen (secondary N) is 2. The second-order valence-corrected chi connectivity index (χ2v) is 8.60. The van der Waals surface area contributed by atoms with Crippen molar-refractivity contribution >= 4 is 11.0 Å². The summed E-state index contributed by atoms with van der Waals surface area (Å²) in [5.74, 6) is 1.49. The van der Waals surface area contributed by atoms with E-state index in [2.05, 4.69) is 51.8 Å². The summed E-state index contributed by atoms with van der Waals surface area (Å²) in [5.41, 5.74) is 8.01. The molecule has 0 radical (unpaired) electrons. The average Bonchev–Trinajstić information content (AvgIpc) is 3.53. The molecule has 6 heteroatoms. The Morgan fingerprint density at radius 2 is 1.77 bits per heavy atom. The molecule has 3 N–H and O–H groups in total. The number of imidazole rings is 1. The molecule has 1 saturated carbocycles. The van der Waals surface area contributed by atoms with Gasteiger partial charge in [-0.05, 0) is 47.6 Å². The summed E-state index contributed by atoms with van der Waals surface area (Å²) >= 11 is 0. The van der Waals surface area contributed by atoms with Crippen LogP contribution in [0.15, 0.2) is 36.4 Å². The summed E-state index contributed by atoms with van der Waals surface area (Å²) in [6.07, 6.45) is 5.22. The topological polar surface area (TPSA) is 78.8 Å². The molecule has 1 aliphatic carbocycles. The van der Waals surface area contributed by atoms with E-state index in [1.54, 1.807) is 4.68 Å². The van der Waals surface area contributed by atoms with Gasteiger partial charge in [0.15, 0.2) is 11.6 Å². The highest BCUT2D eigenvalue weighted by atomic mass is 16.3. The van der Waals surface area contributed by atoms with E-state index in [-0.39, 0.29) is 5.75 Å². The number of aromatic amines is 1. The fraction of sp³-hybridized carbons (Fsp3) is 0.333. The van der Waals surface area contributed by atoms with Gasteiger partial charge in [-0.2, -0.15) is 5.10 Å². The van der Waals surface area contributed by atoms with Crippen LogP contribution in [0.2, 0.25) is 0 Å². The highest BCUT2D eigenvalue weighted by Gasteiger charge is 2.23. The Morgan fingerprint density at radius 3 is 2.53 bits per heavy atom. The van der Waals surface area contributed by atoms with Gasteiger partial charge in [0.1, 0.15) is 11.4 Å². The Labute approximate surface area is 175 Å². The molecule has 1 fully saturated rings. The molecule has 0 bridgehead atoms. The van der Waals surface area contributed by atoms with Crippen LogP contribution in [-0.2, 0) is 20.1 Å². The summed E-state index contributed by atoms with van der Waals surface area (Å²) < 4.78 is 1.71. The molecule has 0 atom stereocenters. The second-order valence-electron chi connectivity index (χ2n) is 8.60. The van der Waals surface area contributed by atoms with Crippen LogP contribution < -0.4 is 5.32 Å². The molecular weight excluding hydrogens is 374 g/mol. The number of fused-ring (bicyclic) bond motifs is 2. The first kappa shape index (κ1) is 17.7. The summed E-state index contributed by atoms with van der Waals surface area (Å²) in [5, 5.41) is 19.0. The van der Waals surface area contributed by atoms with Gasteiger partial charge in [0.2, 0.25) is 0 Å². The lowest BCUT2D eigenvalue weighted by Crippen LogP contribution is -1.99. The third-order valence-corrected chi connectivity index (χ3v) is 6.69. The molecule has 2 aromatic heterocycles. The molecule has 6 nitrogen and oxygen atoms in total. The predicted molar refractivity (Wildman–Crippen MR) is 117 cm³/mol. The van der Waals surface area contributed by atoms with E-state index < -0.39 is 0 Å². The van der Waals surface area contributed by atoms with Crippen LogP contribution in [0.5, 0.6) is 5.75 Å². The smallest absolute Gasteiger partial charge is 0.173 e. The van der Waals surface area contributed by atoms with E-state index in [1.165, 1.54) is 42.4 Å². The number of hydrogen-bond acceptors (Lipinski definition) is 4. The molecule has 0 unspecified atom stereocenters. The molecule has 0 saturated heterocycles. The van der Waals surface area contributed by atoms with E-state index in [1.807, 2.05) is 7.05 Å². The van der Waals surface area contributed by atoms with Crippen LogP contribution >= 0.6 is 0 Å². The normalized spacial score (nSPS) is 16.6. The Balaban J connectivity index is 1.38. The van der Waals surface area contributed by atoms with E-state index in [0.29, 0.717) is 23.1 Å². The number of aryl methyl sites for hydroxylation is 1. The van der Waals surface area contributed by atoms with Gasteiger partial charge in [-0.1, -0.05) is 37.1 Å². The van der Waals surface area contributed by atoms with Crippen molar-refractivity contribution in [2.45, 2.75) is 44.7 Å². The molecule has 4 aromatic rings. The lowest BCUT2D eigenvalue weighted by atomic mass is 9.96. The molecule has 2 aliphatic rings. The van der Waals surface area contributed by atoms with Crippen molar-refractivity contribution in [3.05, 3.63) is 53.1 Å². The van der Waals surface area contributed by atoms with E-state index in [4.69, 9.17) is 4.98 Å². The highest BCUT2D eigenvalue weighted by molar-refractivity contribution is 5.83. The summed E-state index contributed by atoms with van der Waals surface area (Å²) in [6.45, 7) is 1.77. The van der Waals surface area contributed by atoms with Gasteiger partial charge >= 0.3 is 0 Å². The molecule has 6 rings (SSSR count). The van der Waals surface area contributed by atoms with E-state index >= 15 is 0 Å². The molecule has 2 aromatic carbocycles. The maximum absolute atomic E-state index is 11.0. The van der Waals surface area contributed by atoms with Crippen molar-refractivity contribution in [3.63, 3.8) is 0 Å². The zero-order valence-corrected chi connectivity index (χ0v) is 17.1. The van der Waals surface area contributed by atoms with Gasteiger partial charge in [-0.15, -0.1) is 0 Å². The minimum absolute atomic E-state index is 0.166. The molecule has 30 heavy (non-hydrogen) atoms. The van der Waals surface area contributed by atoms with Crippen LogP contribution in [-0.4, -0.2) is 24.9 Å². The van der Waals surface area contributed by atoms with Gasteiger partial charge in [0, 0.05) is 25.7 Å². The van der Waals surface area contributed by atoms with E-state index in [0.717, 1.165) is 29.7 Å². The lowest BCUT2D eigenvalue weighted by Gasteiger charge is -2.09. The predicted octanol–water partition coefficient (Wildman–Crippen LogP) is 4.60. The molecule has 3 heterocycles. The largest absolute Gasteiger partial charge is 0.504 e. The number of aromatic nitrogens is 4. The van der Waals surface area contributed by atoms with Crippen LogP contribution in [0.1, 0.15) is 48.3 Å². The maximum atomic E-state index is 11.0. The van der Waals surface area contributed by atoms with Crippen LogP contribution in [0.25, 0.3) is 33.8 Å². The van der Waals surface area contributed by atoms with Crippen molar-refractivity contribution in [2.24, 2.45) is 7.05 Å². The first-order valence-electron chi connectivity index (χ1n) is 10.8. The van der Waals surface area contributed by atoms with Gasteiger partial charge in [0.05, 0.1) is 11.0 Å². The Bertz CT molecular complexity index is 1200. The van der Waals surface area contributed by atoms with E-state index in [9.17, 15) is 5.11 Å². The standard InChI is InChI=1S/C24H25N5O/c1-29-22(24-26-19-10-17-12-25-13-18(17)11-20(19)27-24)23(30)21(28-29)16-8-6-15(7-9-16)14-4-2-3-5-14/h6-11,14,25,30H,2-5,12-13H2,1H3,(H,26,27). The van der Waals surface area contributed by atoms with Crippen molar-refractivity contribution in [3.8, 4) is 28.5 Å². The zero-order chi connectivity index (χ0) is 20.2. The third-order valence-electron chi connectivity index (χ3n) is 6.69. The fourth-order valence-corrected chi connectivity index (χ4v) is 5.06. The van der Waals surface area contributed by atoms with Crippen molar-refractivity contribution in [1.82, 2.24) is 25.1 Å². The molecular formula is C24H25N5O.